The summed E-state index contributed by atoms with van der Waals surface area (Å²) < 4.78 is 18.8. The molecule has 0 aliphatic heterocycles. The van der Waals surface area contributed by atoms with Crippen LogP contribution in [-0.2, 0) is 6.61 Å². The molecule has 1 aromatic heterocycles. The van der Waals surface area contributed by atoms with Crippen LogP contribution < -0.4 is 20.8 Å². The molecule has 0 aliphatic carbocycles. The zero-order valence-electron chi connectivity index (χ0n) is 20.3. The van der Waals surface area contributed by atoms with Crippen LogP contribution in [0.1, 0.15) is 11.1 Å². The normalized spacial score (nSPS) is 10.8. The predicted octanol–water partition coefficient (Wildman–Crippen LogP) is 6.52. The van der Waals surface area contributed by atoms with E-state index in [-0.39, 0.29) is 11.8 Å². The lowest BCUT2D eigenvalue weighted by atomic mass is 10.2. The molecule has 188 valence electrons. The van der Waals surface area contributed by atoms with E-state index in [2.05, 4.69) is 36.1 Å². The zero-order chi connectivity index (χ0) is 26.0. The second-order valence-electron chi connectivity index (χ2n) is 8.14. The lowest BCUT2D eigenvalue weighted by molar-refractivity contribution is 0.306. The van der Waals surface area contributed by atoms with Gasteiger partial charge in [0.25, 0.3) is 0 Å². The van der Waals surface area contributed by atoms with Gasteiger partial charge < -0.3 is 15.4 Å². The number of para-hydroxylation sites is 2. The molecule has 0 radical (unpaired) electrons. The van der Waals surface area contributed by atoms with Gasteiger partial charge in [-0.25, -0.2) is 9.82 Å². The van der Waals surface area contributed by atoms with E-state index >= 15 is 0 Å². The van der Waals surface area contributed by atoms with Crippen LogP contribution in [0.25, 0.3) is 0 Å². The Morgan fingerprint density at radius 3 is 1.79 bits per heavy atom. The van der Waals surface area contributed by atoms with Crippen LogP contribution in [0.5, 0.6) is 5.75 Å². The Bertz CT molecular complexity index is 1420. The molecule has 8 nitrogen and oxygen atoms in total. The van der Waals surface area contributed by atoms with Crippen LogP contribution in [0.3, 0.4) is 0 Å². The Kier molecular flexibility index (Phi) is 7.76. The van der Waals surface area contributed by atoms with Gasteiger partial charge in [0.05, 0.1) is 6.21 Å². The maximum Gasteiger partial charge on any atom is 0.250 e. The van der Waals surface area contributed by atoms with Crippen molar-refractivity contribution in [2.75, 3.05) is 16.1 Å². The van der Waals surface area contributed by atoms with Gasteiger partial charge in [0, 0.05) is 11.4 Å². The molecule has 0 saturated heterocycles. The van der Waals surface area contributed by atoms with E-state index < -0.39 is 0 Å². The first-order chi connectivity index (χ1) is 18.7. The number of nitrogens with one attached hydrogen (secondary N) is 3. The van der Waals surface area contributed by atoms with Crippen molar-refractivity contribution < 1.29 is 9.13 Å². The molecule has 9 heteroatoms. The van der Waals surface area contributed by atoms with E-state index in [4.69, 9.17) is 4.74 Å². The molecule has 4 aromatic carbocycles. The molecule has 0 unspecified atom stereocenters. The topological polar surface area (TPSA) is 96.4 Å². The number of hydrogen-bond donors (Lipinski definition) is 3. The molecule has 1 heterocycles. The summed E-state index contributed by atoms with van der Waals surface area (Å²) in [6.07, 6.45) is 1.65. The van der Waals surface area contributed by atoms with Gasteiger partial charge in [-0.2, -0.15) is 20.1 Å². The highest BCUT2D eigenvalue weighted by atomic mass is 19.1. The zero-order valence-corrected chi connectivity index (χ0v) is 20.3. The van der Waals surface area contributed by atoms with Crippen LogP contribution in [0, 0.1) is 5.82 Å². The third kappa shape index (κ3) is 7.11. The molecule has 5 rings (SSSR count). The van der Waals surface area contributed by atoms with Crippen molar-refractivity contribution in [2.24, 2.45) is 5.10 Å². The minimum absolute atomic E-state index is 0.268. The molecule has 0 fully saturated rings. The fourth-order valence-electron chi connectivity index (χ4n) is 3.40. The van der Waals surface area contributed by atoms with Crippen LogP contribution in [-0.4, -0.2) is 21.2 Å². The van der Waals surface area contributed by atoms with Gasteiger partial charge in [-0.1, -0.05) is 48.5 Å². The lowest BCUT2D eigenvalue weighted by Crippen LogP contribution is -2.07. The van der Waals surface area contributed by atoms with Gasteiger partial charge in [0.2, 0.25) is 17.8 Å². The summed E-state index contributed by atoms with van der Waals surface area (Å²) in [6, 6.07) is 32.9. The van der Waals surface area contributed by atoms with E-state index in [1.54, 1.807) is 18.3 Å². The molecule has 0 spiro atoms. The molecule has 5 aromatic rings. The van der Waals surface area contributed by atoms with Gasteiger partial charge in [-0.3, -0.25) is 0 Å². The summed E-state index contributed by atoms with van der Waals surface area (Å²) in [5.74, 6) is 1.43. The van der Waals surface area contributed by atoms with Crippen molar-refractivity contribution in [1.29, 1.82) is 0 Å². The van der Waals surface area contributed by atoms with Crippen LogP contribution in [0.2, 0.25) is 0 Å². The number of ether oxygens (including phenoxy) is 1. The molecule has 0 bridgehead atoms. The lowest BCUT2D eigenvalue weighted by Gasteiger charge is -2.10. The smallest absolute Gasteiger partial charge is 0.250 e. The first kappa shape index (κ1) is 24.4. The highest BCUT2D eigenvalue weighted by Gasteiger charge is 2.07. The molecule has 0 saturated carbocycles. The quantitative estimate of drug-likeness (QED) is 0.147. The van der Waals surface area contributed by atoms with Crippen LogP contribution in [0.4, 0.5) is 33.6 Å². The van der Waals surface area contributed by atoms with Crippen molar-refractivity contribution in [3.8, 4) is 5.75 Å². The van der Waals surface area contributed by atoms with Crippen molar-refractivity contribution >= 4 is 35.4 Å². The number of hydrogen-bond acceptors (Lipinski definition) is 8. The summed E-state index contributed by atoms with van der Waals surface area (Å²) in [5.41, 5.74) is 6.31. The first-order valence-electron chi connectivity index (χ1n) is 11.9. The molecular weight excluding hydrogens is 481 g/mol. The number of anilines is 5. The van der Waals surface area contributed by atoms with Crippen molar-refractivity contribution in [2.45, 2.75) is 6.61 Å². The Morgan fingerprint density at radius 2 is 1.21 bits per heavy atom. The third-order valence-electron chi connectivity index (χ3n) is 5.27. The van der Waals surface area contributed by atoms with Gasteiger partial charge in [0.1, 0.15) is 18.2 Å². The molecule has 0 aliphatic rings. The molecule has 3 N–H and O–H groups in total. The van der Waals surface area contributed by atoms with E-state index in [9.17, 15) is 4.39 Å². The molecule has 0 atom stereocenters. The summed E-state index contributed by atoms with van der Waals surface area (Å²) in [5, 5.41) is 10.6. The standard InChI is InChI=1S/C29H24FN7O/c30-23-15-11-22(12-16-23)20-38-26-17-13-21(14-18-26)19-31-37-29-35-27(32-24-7-3-1-4-8-24)34-28(36-29)33-25-9-5-2-6-10-25/h1-19H,20H2,(H3,32,33,34,35,36,37)/b31-19-. The van der Waals surface area contributed by atoms with Crippen molar-refractivity contribution in [3.63, 3.8) is 0 Å². The second-order valence-corrected chi connectivity index (χ2v) is 8.14. The highest BCUT2D eigenvalue weighted by Crippen LogP contribution is 2.19. The fraction of sp³-hybridized carbons (Fsp3) is 0.0345. The Morgan fingerprint density at radius 1 is 0.658 bits per heavy atom. The number of rotatable bonds is 10. The summed E-state index contributed by atoms with van der Waals surface area (Å²) in [6.45, 7) is 0.355. The van der Waals surface area contributed by atoms with E-state index in [0.29, 0.717) is 24.3 Å². The summed E-state index contributed by atoms with van der Waals surface area (Å²) >= 11 is 0. The average molecular weight is 506 g/mol. The first-order valence-corrected chi connectivity index (χ1v) is 11.9. The Hall–Kier alpha value is -5.31. The number of benzene rings is 4. The fourth-order valence-corrected chi connectivity index (χ4v) is 3.40. The highest BCUT2D eigenvalue weighted by molar-refractivity contribution is 5.80. The number of nitrogens with zero attached hydrogens (tertiary/aromatic N) is 4. The van der Waals surface area contributed by atoms with Gasteiger partial charge in [-0.05, 0) is 71.8 Å². The van der Waals surface area contributed by atoms with Crippen LogP contribution in [0.15, 0.2) is 114 Å². The largest absolute Gasteiger partial charge is 0.489 e. The van der Waals surface area contributed by atoms with Gasteiger partial charge in [-0.15, -0.1) is 0 Å². The minimum atomic E-state index is -0.268. The Labute approximate surface area is 219 Å². The van der Waals surface area contributed by atoms with Crippen molar-refractivity contribution in [3.05, 3.63) is 126 Å². The monoisotopic (exact) mass is 505 g/mol. The predicted molar refractivity (Wildman–Crippen MR) is 148 cm³/mol. The number of aromatic nitrogens is 3. The third-order valence-corrected chi connectivity index (χ3v) is 5.27. The van der Waals surface area contributed by atoms with E-state index in [0.717, 1.165) is 22.5 Å². The maximum absolute atomic E-state index is 13.0. The molecule has 38 heavy (non-hydrogen) atoms. The maximum atomic E-state index is 13.0. The number of halogens is 1. The molecular formula is C29H24FN7O. The van der Waals surface area contributed by atoms with E-state index in [1.165, 1.54) is 12.1 Å². The Balaban J connectivity index is 1.25. The SMILES string of the molecule is Fc1ccc(COc2ccc(/C=N\Nc3nc(Nc4ccccc4)nc(Nc4ccccc4)n3)cc2)cc1. The van der Waals surface area contributed by atoms with Crippen molar-refractivity contribution in [1.82, 2.24) is 15.0 Å². The summed E-state index contributed by atoms with van der Waals surface area (Å²) in [7, 11) is 0. The second kappa shape index (κ2) is 12.1. The van der Waals surface area contributed by atoms with Gasteiger partial charge in [0.15, 0.2) is 0 Å². The average Bonchev–Trinajstić information content (AvgIpc) is 2.94. The van der Waals surface area contributed by atoms with Gasteiger partial charge >= 0.3 is 0 Å². The number of hydrazone groups is 1. The summed E-state index contributed by atoms with van der Waals surface area (Å²) in [4.78, 5) is 13.3. The minimum Gasteiger partial charge on any atom is -0.489 e. The van der Waals surface area contributed by atoms with E-state index in [1.807, 2.05) is 84.9 Å². The van der Waals surface area contributed by atoms with Crippen LogP contribution >= 0.6 is 0 Å². The molecule has 0 amide bonds.